The molecule has 2 aromatic rings. The molecule has 1 aromatic carbocycles. The van der Waals surface area contributed by atoms with Crippen molar-refractivity contribution in [2.45, 2.75) is 26.5 Å². The van der Waals surface area contributed by atoms with Gasteiger partial charge in [-0.05, 0) is 32.5 Å². The van der Waals surface area contributed by atoms with Crippen LogP contribution in [0.25, 0.3) is 0 Å². The number of hydrogen-bond donors (Lipinski definition) is 1. The first kappa shape index (κ1) is 17.8. The number of aryl methyl sites for hydroxylation is 2. The average molecular weight is 338 g/mol. The number of nitrogens with zero attached hydrogens (tertiary/aromatic N) is 3. The second kappa shape index (κ2) is 7.81. The van der Waals surface area contributed by atoms with Crippen molar-refractivity contribution in [3.63, 3.8) is 0 Å². The molecule has 0 aliphatic heterocycles. The molecule has 1 heterocycles. The Bertz CT molecular complexity index is 657. The van der Waals surface area contributed by atoms with Gasteiger partial charge in [0.15, 0.2) is 0 Å². The van der Waals surface area contributed by atoms with Crippen LogP contribution in [0.3, 0.4) is 0 Å². The summed E-state index contributed by atoms with van der Waals surface area (Å²) in [5, 5.41) is 10.8. The van der Waals surface area contributed by atoms with E-state index in [1.54, 1.807) is 6.20 Å². The Kier molecular flexibility index (Phi) is 6.04. The molecule has 5 nitrogen and oxygen atoms in total. The molecule has 1 N–H and O–H groups in total. The van der Waals surface area contributed by atoms with Crippen molar-refractivity contribution in [3.8, 4) is 5.75 Å². The van der Waals surface area contributed by atoms with Gasteiger partial charge in [0.05, 0.1) is 12.7 Å². The molecule has 0 aliphatic carbocycles. The van der Waals surface area contributed by atoms with Crippen LogP contribution in [0.15, 0.2) is 24.4 Å². The van der Waals surface area contributed by atoms with E-state index in [2.05, 4.69) is 11.1 Å². The predicted molar refractivity (Wildman–Crippen MR) is 92.0 cm³/mol. The third-order valence-electron chi connectivity index (χ3n) is 3.72. The number of halogens is 1. The summed E-state index contributed by atoms with van der Waals surface area (Å²) in [4.78, 5) is 6.25. The number of ether oxygens (including phenoxy) is 1. The molecule has 0 bridgehead atoms. The molecular formula is C17H24ClN3O2. The summed E-state index contributed by atoms with van der Waals surface area (Å²) in [6.45, 7) is 5.42. The molecule has 0 saturated carbocycles. The summed E-state index contributed by atoms with van der Waals surface area (Å²) < 4.78 is 7.54. The van der Waals surface area contributed by atoms with Crippen molar-refractivity contribution < 1.29 is 9.84 Å². The minimum absolute atomic E-state index is 0.259. The number of rotatable bonds is 7. The Morgan fingerprint density at radius 2 is 2.13 bits per heavy atom. The van der Waals surface area contributed by atoms with E-state index in [1.165, 1.54) is 5.56 Å². The van der Waals surface area contributed by atoms with Gasteiger partial charge in [0, 0.05) is 13.6 Å². The van der Waals surface area contributed by atoms with Gasteiger partial charge in [0.25, 0.3) is 0 Å². The minimum Gasteiger partial charge on any atom is -0.491 e. The highest BCUT2D eigenvalue weighted by atomic mass is 35.5. The highest BCUT2D eigenvalue weighted by molar-refractivity contribution is 6.29. The lowest BCUT2D eigenvalue weighted by Crippen LogP contribution is -2.33. The zero-order chi connectivity index (χ0) is 17.0. The van der Waals surface area contributed by atoms with E-state index in [0.29, 0.717) is 18.2 Å². The van der Waals surface area contributed by atoms with Crippen LogP contribution in [-0.2, 0) is 13.6 Å². The highest BCUT2D eigenvalue weighted by Crippen LogP contribution is 2.19. The normalized spacial score (nSPS) is 12.7. The van der Waals surface area contributed by atoms with E-state index >= 15 is 0 Å². The van der Waals surface area contributed by atoms with Gasteiger partial charge >= 0.3 is 0 Å². The molecule has 0 fully saturated rings. The molecule has 126 valence electrons. The maximum absolute atomic E-state index is 10.2. The maximum Gasteiger partial charge on any atom is 0.128 e. The summed E-state index contributed by atoms with van der Waals surface area (Å²) in [6.07, 6.45) is 1.06. The van der Waals surface area contributed by atoms with E-state index in [9.17, 15) is 5.11 Å². The van der Waals surface area contributed by atoms with E-state index < -0.39 is 6.10 Å². The molecule has 1 atom stereocenters. The molecular weight excluding hydrogens is 314 g/mol. The Labute approximate surface area is 142 Å². The number of imidazole rings is 1. The van der Waals surface area contributed by atoms with Crippen LogP contribution in [0, 0.1) is 13.8 Å². The largest absolute Gasteiger partial charge is 0.491 e. The molecule has 0 spiro atoms. The Hall–Kier alpha value is -1.56. The first-order valence-corrected chi connectivity index (χ1v) is 7.97. The van der Waals surface area contributed by atoms with Gasteiger partial charge in [-0.3, -0.25) is 4.90 Å². The minimum atomic E-state index is -0.573. The van der Waals surface area contributed by atoms with Crippen molar-refractivity contribution >= 4 is 11.6 Å². The molecule has 6 heteroatoms. The quantitative estimate of drug-likeness (QED) is 0.843. The zero-order valence-corrected chi connectivity index (χ0v) is 14.8. The van der Waals surface area contributed by atoms with Crippen LogP contribution in [0.1, 0.15) is 17.0 Å². The Morgan fingerprint density at radius 3 is 2.74 bits per heavy atom. The first-order chi connectivity index (χ1) is 10.9. The van der Waals surface area contributed by atoms with Gasteiger partial charge in [-0.25, -0.2) is 4.98 Å². The fraction of sp³-hybridized carbons (Fsp3) is 0.471. The van der Waals surface area contributed by atoms with Gasteiger partial charge in [-0.15, -0.1) is 0 Å². The summed E-state index contributed by atoms with van der Waals surface area (Å²) in [5.41, 5.74) is 2.28. The third-order valence-corrected chi connectivity index (χ3v) is 4.07. The number of benzene rings is 1. The average Bonchev–Trinajstić information content (AvgIpc) is 2.78. The third kappa shape index (κ3) is 4.96. The second-order valence-corrected chi connectivity index (χ2v) is 6.37. The Morgan fingerprint density at radius 1 is 1.39 bits per heavy atom. The lowest BCUT2D eigenvalue weighted by atomic mass is 10.1. The lowest BCUT2D eigenvalue weighted by molar-refractivity contribution is 0.0732. The Balaban J connectivity index is 1.82. The monoisotopic (exact) mass is 337 g/mol. The van der Waals surface area contributed by atoms with Gasteiger partial charge in [-0.2, -0.15) is 0 Å². The molecule has 0 amide bonds. The van der Waals surface area contributed by atoms with Crippen molar-refractivity contribution in [1.82, 2.24) is 14.5 Å². The SMILES string of the molecule is Cc1ccc(OCC(O)CN(C)Cc2ncc(Cl)n2C)c(C)c1. The van der Waals surface area contributed by atoms with Crippen LogP contribution in [0.4, 0.5) is 0 Å². The summed E-state index contributed by atoms with van der Waals surface area (Å²) in [6, 6.07) is 6.02. The molecule has 0 aliphatic rings. The first-order valence-electron chi connectivity index (χ1n) is 7.59. The fourth-order valence-corrected chi connectivity index (χ4v) is 2.58. The van der Waals surface area contributed by atoms with Crippen LogP contribution in [0.2, 0.25) is 5.15 Å². The summed E-state index contributed by atoms with van der Waals surface area (Å²) in [5.74, 6) is 1.67. The van der Waals surface area contributed by atoms with Crippen LogP contribution in [0.5, 0.6) is 5.75 Å². The number of aromatic nitrogens is 2. The fourth-order valence-electron chi connectivity index (χ4n) is 2.44. The summed E-state index contributed by atoms with van der Waals surface area (Å²) in [7, 11) is 3.81. The highest BCUT2D eigenvalue weighted by Gasteiger charge is 2.13. The predicted octanol–water partition coefficient (Wildman–Crippen LogP) is 2.56. The van der Waals surface area contributed by atoms with E-state index in [-0.39, 0.29) is 6.61 Å². The molecule has 0 saturated heterocycles. The molecule has 23 heavy (non-hydrogen) atoms. The topological polar surface area (TPSA) is 50.5 Å². The van der Waals surface area contributed by atoms with Gasteiger partial charge < -0.3 is 14.4 Å². The van der Waals surface area contributed by atoms with Crippen molar-refractivity contribution in [1.29, 1.82) is 0 Å². The number of hydrogen-bond acceptors (Lipinski definition) is 4. The molecule has 2 rings (SSSR count). The van der Waals surface area contributed by atoms with E-state index in [0.717, 1.165) is 17.1 Å². The van der Waals surface area contributed by atoms with Gasteiger partial charge in [-0.1, -0.05) is 29.3 Å². The standard InChI is InChI=1S/C17H24ClN3O2/c1-12-5-6-15(13(2)7-12)23-11-14(22)9-20(3)10-17-19-8-16(18)21(17)4/h5-8,14,22H,9-11H2,1-4H3. The van der Waals surface area contributed by atoms with E-state index in [1.807, 2.05) is 49.5 Å². The maximum atomic E-state index is 10.2. The summed E-state index contributed by atoms with van der Waals surface area (Å²) >= 11 is 5.97. The molecule has 1 aromatic heterocycles. The lowest BCUT2D eigenvalue weighted by Gasteiger charge is -2.21. The van der Waals surface area contributed by atoms with Crippen molar-refractivity contribution in [2.75, 3.05) is 20.2 Å². The number of aliphatic hydroxyl groups is 1. The molecule has 1 unspecified atom stereocenters. The molecule has 0 radical (unpaired) electrons. The smallest absolute Gasteiger partial charge is 0.128 e. The number of likely N-dealkylation sites (N-methyl/N-ethyl adjacent to an activating group) is 1. The van der Waals surface area contributed by atoms with Gasteiger partial charge in [0.2, 0.25) is 0 Å². The van der Waals surface area contributed by atoms with Gasteiger partial charge in [0.1, 0.15) is 29.4 Å². The number of aliphatic hydroxyl groups excluding tert-OH is 1. The van der Waals surface area contributed by atoms with Crippen LogP contribution >= 0.6 is 11.6 Å². The zero-order valence-electron chi connectivity index (χ0n) is 14.1. The van der Waals surface area contributed by atoms with Crippen molar-refractivity contribution in [2.24, 2.45) is 7.05 Å². The van der Waals surface area contributed by atoms with Crippen molar-refractivity contribution in [3.05, 3.63) is 46.5 Å². The second-order valence-electron chi connectivity index (χ2n) is 5.99. The van der Waals surface area contributed by atoms with E-state index in [4.69, 9.17) is 16.3 Å². The van der Waals surface area contributed by atoms with Crippen LogP contribution in [-0.4, -0.2) is 45.9 Å². The van der Waals surface area contributed by atoms with Crippen LogP contribution < -0.4 is 4.74 Å².